The highest BCUT2D eigenvalue weighted by molar-refractivity contribution is 4.80. The fourth-order valence-corrected chi connectivity index (χ4v) is 3.88. The average Bonchev–Trinajstić information content (AvgIpc) is 2.26. The van der Waals surface area contributed by atoms with Gasteiger partial charge < -0.3 is 0 Å². The maximum atomic E-state index is 2.51. The molecule has 88 valence electrons. The summed E-state index contributed by atoms with van der Waals surface area (Å²) < 4.78 is 0. The minimum atomic E-state index is 0.993. The molecule has 0 heteroatoms. The molecule has 0 amide bonds. The highest BCUT2D eigenvalue weighted by Gasteiger charge is 2.29. The van der Waals surface area contributed by atoms with Crippen LogP contribution in [0.5, 0.6) is 0 Å². The Morgan fingerprint density at radius 2 is 1.53 bits per heavy atom. The SMILES string of the molecule is CC1CCCC(CC2CCCCC2)C1C. The Balaban J connectivity index is 1.81. The van der Waals surface area contributed by atoms with Crippen LogP contribution in [0.25, 0.3) is 0 Å². The van der Waals surface area contributed by atoms with Crippen molar-refractivity contribution in [3.05, 3.63) is 0 Å². The first kappa shape index (κ1) is 11.5. The van der Waals surface area contributed by atoms with E-state index in [2.05, 4.69) is 13.8 Å². The Morgan fingerprint density at radius 1 is 0.800 bits per heavy atom. The van der Waals surface area contributed by atoms with Crippen LogP contribution in [0.3, 0.4) is 0 Å². The quantitative estimate of drug-likeness (QED) is 0.597. The molecule has 2 saturated carbocycles. The van der Waals surface area contributed by atoms with Crippen molar-refractivity contribution in [2.75, 3.05) is 0 Å². The second-order valence-corrected chi connectivity index (χ2v) is 6.27. The summed E-state index contributed by atoms with van der Waals surface area (Å²) in [5.41, 5.74) is 0. The summed E-state index contributed by atoms with van der Waals surface area (Å²) in [5.74, 6) is 4.15. The molecule has 0 heterocycles. The summed E-state index contributed by atoms with van der Waals surface area (Å²) in [6.45, 7) is 4.98. The van der Waals surface area contributed by atoms with Crippen molar-refractivity contribution >= 4 is 0 Å². The lowest BCUT2D eigenvalue weighted by Gasteiger charge is -2.37. The summed E-state index contributed by atoms with van der Waals surface area (Å²) in [4.78, 5) is 0. The Bertz CT molecular complexity index is 178. The first-order valence-corrected chi connectivity index (χ1v) is 7.27. The molecule has 0 saturated heterocycles. The zero-order valence-corrected chi connectivity index (χ0v) is 10.7. The first-order valence-electron chi connectivity index (χ1n) is 7.27. The van der Waals surface area contributed by atoms with Gasteiger partial charge in [-0.1, -0.05) is 65.2 Å². The summed E-state index contributed by atoms with van der Waals surface area (Å²) >= 11 is 0. The predicted octanol–water partition coefficient (Wildman–Crippen LogP) is 5.03. The molecule has 0 bridgehead atoms. The lowest BCUT2D eigenvalue weighted by Crippen LogP contribution is -2.26. The van der Waals surface area contributed by atoms with Crippen molar-refractivity contribution in [2.45, 2.75) is 71.6 Å². The zero-order valence-electron chi connectivity index (χ0n) is 10.7. The number of hydrogen-bond acceptors (Lipinski definition) is 0. The maximum Gasteiger partial charge on any atom is -0.0383 e. The van der Waals surface area contributed by atoms with Gasteiger partial charge in [-0.25, -0.2) is 0 Å². The highest BCUT2D eigenvalue weighted by atomic mass is 14.3. The predicted molar refractivity (Wildman–Crippen MR) is 66.9 cm³/mol. The van der Waals surface area contributed by atoms with Gasteiger partial charge in [0.2, 0.25) is 0 Å². The van der Waals surface area contributed by atoms with Gasteiger partial charge in [0, 0.05) is 0 Å². The summed E-state index contributed by atoms with van der Waals surface area (Å²) in [6.07, 6.45) is 13.7. The molecule has 0 radical (unpaired) electrons. The van der Waals surface area contributed by atoms with E-state index in [0.29, 0.717) is 0 Å². The lowest BCUT2D eigenvalue weighted by atomic mass is 9.69. The lowest BCUT2D eigenvalue weighted by molar-refractivity contribution is 0.141. The molecular weight excluding hydrogens is 180 g/mol. The van der Waals surface area contributed by atoms with Gasteiger partial charge in [-0.05, 0) is 30.1 Å². The largest absolute Gasteiger partial charge is 0.0622 e. The smallest absolute Gasteiger partial charge is 0.0383 e. The van der Waals surface area contributed by atoms with Crippen LogP contribution < -0.4 is 0 Å². The molecule has 3 atom stereocenters. The minimum Gasteiger partial charge on any atom is -0.0622 e. The molecule has 15 heavy (non-hydrogen) atoms. The number of hydrogen-bond donors (Lipinski definition) is 0. The van der Waals surface area contributed by atoms with Gasteiger partial charge in [0.05, 0.1) is 0 Å². The fourth-order valence-electron chi connectivity index (χ4n) is 3.88. The number of rotatable bonds is 2. The first-order chi connectivity index (χ1) is 7.27. The Hall–Kier alpha value is 0. The van der Waals surface area contributed by atoms with Gasteiger partial charge in [0.25, 0.3) is 0 Å². The zero-order chi connectivity index (χ0) is 10.7. The third-order valence-corrected chi connectivity index (χ3v) is 5.24. The monoisotopic (exact) mass is 208 g/mol. The molecule has 2 aliphatic rings. The van der Waals surface area contributed by atoms with Gasteiger partial charge in [0.15, 0.2) is 0 Å². The third kappa shape index (κ3) is 2.98. The summed E-state index contributed by atoms with van der Waals surface area (Å²) in [7, 11) is 0. The van der Waals surface area contributed by atoms with Crippen LogP contribution >= 0.6 is 0 Å². The molecule has 2 rings (SSSR count). The standard InChI is InChI=1S/C15H28/c1-12-7-6-10-15(13(12)2)11-14-8-4-3-5-9-14/h12-15H,3-11H2,1-2H3. The van der Waals surface area contributed by atoms with Crippen LogP contribution in [-0.4, -0.2) is 0 Å². The van der Waals surface area contributed by atoms with Crippen molar-refractivity contribution < 1.29 is 0 Å². The van der Waals surface area contributed by atoms with Gasteiger partial charge in [-0.2, -0.15) is 0 Å². The molecular formula is C15H28. The molecule has 0 aromatic heterocycles. The second kappa shape index (κ2) is 5.37. The van der Waals surface area contributed by atoms with Crippen LogP contribution in [0, 0.1) is 23.7 Å². The van der Waals surface area contributed by atoms with Crippen LogP contribution in [0.4, 0.5) is 0 Å². The molecule has 0 aromatic rings. The van der Waals surface area contributed by atoms with E-state index in [4.69, 9.17) is 0 Å². The highest BCUT2D eigenvalue weighted by Crippen LogP contribution is 2.40. The van der Waals surface area contributed by atoms with E-state index in [1.54, 1.807) is 6.42 Å². The van der Waals surface area contributed by atoms with Crippen molar-refractivity contribution in [1.82, 2.24) is 0 Å². The van der Waals surface area contributed by atoms with Crippen molar-refractivity contribution in [3.63, 3.8) is 0 Å². The van der Waals surface area contributed by atoms with Crippen molar-refractivity contribution in [2.24, 2.45) is 23.7 Å². The van der Waals surface area contributed by atoms with Gasteiger partial charge >= 0.3 is 0 Å². The van der Waals surface area contributed by atoms with E-state index in [1.165, 1.54) is 51.4 Å². The second-order valence-electron chi connectivity index (χ2n) is 6.27. The van der Waals surface area contributed by atoms with Gasteiger partial charge in [0.1, 0.15) is 0 Å². The van der Waals surface area contributed by atoms with E-state index in [9.17, 15) is 0 Å². The molecule has 0 nitrogen and oxygen atoms in total. The van der Waals surface area contributed by atoms with E-state index in [-0.39, 0.29) is 0 Å². The van der Waals surface area contributed by atoms with Gasteiger partial charge in [-0.3, -0.25) is 0 Å². The average molecular weight is 208 g/mol. The van der Waals surface area contributed by atoms with Gasteiger partial charge in [-0.15, -0.1) is 0 Å². The van der Waals surface area contributed by atoms with E-state index in [1.807, 2.05) is 0 Å². The maximum absolute atomic E-state index is 2.51. The van der Waals surface area contributed by atoms with E-state index < -0.39 is 0 Å². The molecule has 0 N–H and O–H groups in total. The fraction of sp³-hybridized carbons (Fsp3) is 1.00. The Kier molecular flexibility index (Phi) is 4.11. The Morgan fingerprint density at radius 3 is 2.27 bits per heavy atom. The third-order valence-electron chi connectivity index (χ3n) is 5.24. The molecule has 0 aliphatic heterocycles. The topological polar surface area (TPSA) is 0 Å². The van der Waals surface area contributed by atoms with E-state index >= 15 is 0 Å². The molecule has 3 unspecified atom stereocenters. The van der Waals surface area contributed by atoms with Crippen LogP contribution in [0.2, 0.25) is 0 Å². The molecule has 0 spiro atoms. The molecule has 0 aromatic carbocycles. The minimum absolute atomic E-state index is 0.993. The van der Waals surface area contributed by atoms with E-state index in [0.717, 1.165) is 23.7 Å². The van der Waals surface area contributed by atoms with Crippen molar-refractivity contribution in [1.29, 1.82) is 0 Å². The molecule has 2 fully saturated rings. The van der Waals surface area contributed by atoms with Crippen LogP contribution in [0.1, 0.15) is 71.6 Å². The Labute approximate surface area is 95.8 Å². The van der Waals surface area contributed by atoms with Crippen LogP contribution in [-0.2, 0) is 0 Å². The van der Waals surface area contributed by atoms with Crippen LogP contribution in [0.15, 0.2) is 0 Å². The normalized spacial score (nSPS) is 39.2. The van der Waals surface area contributed by atoms with Crippen molar-refractivity contribution in [3.8, 4) is 0 Å². The summed E-state index contributed by atoms with van der Waals surface area (Å²) in [5, 5.41) is 0. The summed E-state index contributed by atoms with van der Waals surface area (Å²) in [6, 6.07) is 0. The molecule has 2 aliphatic carbocycles.